The van der Waals surface area contributed by atoms with E-state index in [1.54, 1.807) is 22.9 Å². The minimum Gasteiger partial charge on any atom is -0.368 e. The van der Waals surface area contributed by atoms with Gasteiger partial charge in [-0.2, -0.15) is 9.67 Å². The fourth-order valence-corrected chi connectivity index (χ4v) is 2.05. The first-order chi connectivity index (χ1) is 9.06. The quantitative estimate of drug-likeness (QED) is 0.943. The van der Waals surface area contributed by atoms with Crippen LogP contribution >= 0.6 is 23.2 Å². The average molecular weight is 300 g/mol. The van der Waals surface area contributed by atoms with Gasteiger partial charge in [-0.3, -0.25) is 0 Å². The number of hydrogen-bond donors (Lipinski definition) is 1. The Morgan fingerprint density at radius 1 is 1.21 bits per heavy atom. The summed E-state index contributed by atoms with van der Waals surface area (Å²) in [4.78, 5) is 6.28. The zero-order valence-electron chi connectivity index (χ0n) is 10.8. The van der Waals surface area contributed by atoms with Crippen molar-refractivity contribution in [3.8, 4) is 5.69 Å². The van der Waals surface area contributed by atoms with E-state index in [0.29, 0.717) is 21.9 Å². The van der Waals surface area contributed by atoms with E-state index in [1.165, 1.54) is 0 Å². The minimum absolute atomic E-state index is 0.320. The highest BCUT2D eigenvalue weighted by Gasteiger charge is 2.13. The van der Waals surface area contributed by atoms with Gasteiger partial charge in [0, 0.05) is 13.1 Å². The van der Waals surface area contributed by atoms with E-state index in [-0.39, 0.29) is 0 Å². The van der Waals surface area contributed by atoms with Gasteiger partial charge in [0.05, 0.1) is 15.7 Å². The summed E-state index contributed by atoms with van der Waals surface area (Å²) < 4.78 is 1.55. The second-order valence-electron chi connectivity index (χ2n) is 3.95. The molecule has 0 unspecified atom stereocenters. The maximum absolute atomic E-state index is 6.00. The van der Waals surface area contributed by atoms with Crippen molar-refractivity contribution < 1.29 is 0 Å². The number of benzene rings is 1. The van der Waals surface area contributed by atoms with Crippen LogP contribution in [0.25, 0.3) is 5.69 Å². The summed E-state index contributed by atoms with van der Waals surface area (Å²) in [5, 5.41) is 5.35. The molecule has 5 nitrogen and oxygen atoms in total. The molecular weight excluding hydrogens is 285 g/mol. The van der Waals surface area contributed by atoms with Crippen LogP contribution in [-0.2, 0) is 0 Å². The first-order valence-electron chi connectivity index (χ1n) is 5.99. The van der Waals surface area contributed by atoms with E-state index in [2.05, 4.69) is 10.1 Å². The van der Waals surface area contributed by atoms with Gasteiger partial charge in [-0.15, -0.1) is 5.10 Å². The summed E-state index contributed by atoms with van der Waals surface area (Å²) >= 11 is 11.9. The Kier molecular flexibility index (Phi) is 4.17. The van der Waals surface area contributed by atoms with Crippen molar-refractivity contribution in [3.05, 3.63) is 28.2 Å². The molecule has 7 heteroatoms. The molecule has 0 aliphatic rings. The van der Waals surface area contributed by atoms with E-state index >= 15 is 0 Å². The Hall–Kier alpha value is -1.46. The van der Waals surface area contributed by atoms with Crippen molar-refractivity contribution in [1.82, 2.24) is 14.8 Å². The third-order valence-electron chi connectivity index (χ3n) is 2.82. The van der Waals surface area contributed by atoms with Crippen LogP contribution in [0.15, 0.2) is 18.2 Å². The molecule has 1 aromatic carbocycles. The van der Waals surface area contributed by atoms with Gasteiger partial charge in [0.15, 0.2) is 0 Å². The Morgan fingerprint density at radius 2 is 1.89 bits per heavy atom. The molecule has 0 spiro atoms. The van der Waals surface area contributed by atoms with Gasteiger partial charge in [-0.1, -0.05) is 23.2 Å². The topological polar surface area (TPSA) is 60.0 Å². The summed E-state index contributed by atoms with van der Waals surface area (Å²) in [5.74, 6) is 0.925. The Balaban J connectivity index is 2.42. The highest BCUT2D eigenvalue weighted by atomic mass is 35.5. The summed E-state index contributed by atoms with van der Waals surface area (Å²) in [7, 11) is 0. The molecule has 0 saturated heterocycles. The number of nitrogens with zero attached hydrogens (tertiary/aromatic N) is 4. The normalized spacial score (nSPS) is 10.7. The van der Waals surface area contributed by atoms with Crippen molar-refractivity contribution >= 4 is 35.1 Å². The summed E-state index contributed by atoms with van der Waals surface area (Å²) in [6, 6.07) is 5.21. The number of hydrogen-bond acceptors (Lipinski definition) is 4. The molecule has 1 heterocycles. The van der Waals surface area contributed by atoms with Gasteiger partial charge in [0.2, 0.25) is 11.9 Å². The number of aromatic nitrogens is 3. The highest BCUT2D eigenvalue weighted by Crippen LogP contribution is 2.25. The molecule has 0 aliphatic carbocycles. The zero-order chi connectivity index (χ0) is 14.0. The number of rotatable bonds is 4. The van der Waals surface area contributed by atoms with Crippen LogP contribution in [0.1, 0.15) is 13.8 Å². The average Bonchev–Trinajstić information content (AvgIpc) is 2.76. The number of anilines is 2. The van der Waals surface area contributed by atoms with E-state index in [4.69, 9.17) is 28.9 Å². The summed E-state index contributed by atoms with van der Waals surface area (Å²) in [6.45, 7) is 5.72. The molecule has 2 N–H and O–H groups in total. The van der Waals surface area contributed by atoms with Crippen LogP contribution in [0.4, 0.5) is 11.9 Å². The predicted molar refractivity (Wildman–Crippen MR) is 79.4 cm³/mol. The second kappa shape index (κ2) is 5.67. The van der Waals surface area contributed by atoms with E-state index in [0.717, 1.165) is 18.8 Å². The van der Waals surface area contributed by atoms with Crippen molar-refractivity contribution in [2.24, 2.45) is 0 Å². The van der Waals surface area contributed by atoms with Crippen molar-refractivity contribution in [2.45, 2.75) is 13.8 Å². The van der Waals surface area contributed by atoms with Gasteiger partial charge in [-0.25, -0.2) is 0 Å². The van der Waals surface area contributed by atoms with Crippen molar-refractivity contribution in [3.63, 3.8) is 0 Å². The lowest BCUT2D eigenvalue weighted by Gasteiger charge is -2.15. The first-order valence-corrected chi connectivity index (χ1v) is 6.75. The molecule has 0 saturated carbocycles. The molecule has 2 rings (SSSR count). The van der Waals surface area contributed by atoms with E-state index < -0.39 is 0 Å². The number of nitrogens with two attached hydrogens (primary N) is 1. The van der Waals surface area contributed by atoms with Gasteiger partial charge in [-0.05, 0) is 32.0 Å². The summed E-state index contributed by atoms with van der Waals surface area (Å²) in [5.41, 5.74) is 6.63. The van der Waals surface area contributed by atoms with Crippen LogP contribution in [-0.4, -0.2) is 27.9 Å². The van der Waals surface area contributed by atoms with Crippen LogP contribution in [0.5, 0.6) is 0 Å². The van der Waals surface area contributed by atoms with Gasteiger partial charge in [0.25, 0.3) is 0 Å². The number of nitrogen functional groups attached to an aromatic ring is 1. The van der Waals surface area contributed by atoms with Crippen molar-refractivity contribution in [2.75, 3.05) is 23.7 Å². The lowest BCUT2D eigenvalue weighted by Crippen LogP contribution is -2.23. The molecule has 0 fully saturated rings. The van der Waals surface area contributed by atoms with Crippen LogP contribution in [0.3, 0.4) is 0 Å². The molecule has 0 bridgehead atoms. The third kappa shape index (κ3) is 2.77. The fourth-order valence-electron chi connectivity index (χ4n) is 1.76. The van der Waals surface area contributed by atoms with Crippen LogP contribution in [0, 0.1) is 0 Å². The fraction of sp³-hybridized carbons (Fsp3) is 0.333. The smallest absolute Gasteiger partial charge is 0.246 e. The molecule has 0 radical (unpaired) electrons. The Labute approximate surface area is 121 Å². The molecular formula is C12H15Cl2N5. The summed E-state index contributed by atoms with van der Waals surface area (Å²) in [6.07, 6.45) is 0. The van der Waals surface area contributed by atoms with Crippen LogP contribution < -0.4 is 10.6 Å². The Morgan fingerprint density at radius 3 is 2.47 bits per heavy atom. The molecule has 0 atom stereocenters. The molecule has 19 heavy (non-hydrogen) atoms. The zero-order valence-corrected chi connectivity index (χ0v) is 12.3. The lowest BCUT2D eigenvalue weighted by molar-refractivity contribution is 0.802. The standard InChI is InChI=1S/C12H15Cl2N5/c1-3-18(4-2)12-16-11(15)19(17-12)8-5-6-9(13)10(14)7-8/h5-7H,3-4H2,1-2H3,(H2,15,16,17). The maximum Gasteiger partial charge on any atom is 0.246 e. The molecule has 0 aliphatic heterocycles. The third-order valence-corrected chi connectivity index (χ3v) is 3.55. The van der Waals surface area contributed by atoms with Crippen molar-refractivity contribution in [1.29, 1.82) is 0 Å². The maximum atomic E-state index is 6.00. The van der Waals surface area contributed by atoms with E-state index in [1.807, 2.05) is 18.7 Å². The predicted octanol–water partition coefficient (Wildman–Crippen LogP) is 3.00. The van der Waals surface area contributed by atoms with E-state index in [9.17, 15) is 0 Å². The highest BCUT2D eigenvalue weighted by molar-refractivity contribution is 6.42. The Bertz CT molecular complexity index is 577. The molecule has 1 aromatic heterocycles. The monoisotopic (exact) mass is 299 g/mol. The SMILES string of the molecule is CCN(CC)c1nc(N)n(-c2ccc(Cl)c(Cl)c2)n1. The minimum atomic E-state index is 0.320. The number of halogens is 2. The second-order valence-corrected chi connectivity index (χ2v) is 4.77. The molecule has 2 aromatic rings. The van der Waals surface area contributed by atoms with Gasteiger partial charge >= 0.3 is 0 Å². The largest absolute Gasteiger partial charge is 0.368 e. The van der Waals surface area contributed by atoms with Crippen LogP contribution in [0.2, 0.25) is 10.0 Å². The van der Waals surface area contributed by atoms with Gasteiger partial charge in [0.1, 0.15) is 0 Å². The lowest BCUT2D eigenvalue weighted by atomic mass is 10.3. The molecule has 0 amide bonds. The molecule has 102 valence electrons. The first kappa shape index (κ1) is 14.0. The van der Waals surface area contributed by atoms with Gasteiger partial charge < -0.3 is 10.6 Å².